The first-order valence-corrected chi connectivity index (χ1v) is 9.32. The average molecular weight is 347 g/mol. The number of nitrogens with zero attached hydrogens (tertiary/aromatic N) is 5. The van der Waals surface area contributed by atoms with E-state index in [1.807, 2.05) is 4.68 Å². The number of rotatable bonds is 5. The molecule has 4 heterocycles. The van der Waals surface area contributed by atoms with Gasteiger partial charge in [0.1, 0.15) is 17.7 Å². The van der Waals surface area contributed by atoms with Crippen LogP contribution in [0.2, 0.25) is 0 Å². The molecule has 0 amide bonds. The van der Waals surface area contributed by atoms with Gasteiger partial charge in [-0.15, -0.1) is 11.3 Å². The van der Waals surface area contributed by atoms with E-state index in [4.69, 9.17) is 9.72 Å². The van der Waals surface area contributed by atoms with Gasteiger partial charge in [0.25, 0.3) is 0 Å². The Balaban J connectivity index is 1.37. The summed E-state index contributed by atoms with van der Waals surface area (Å²) in [7, 11) is 0. The third-order valence-electron chi connectivity index (χ3n) is 3.79. The molecule has 0 aromatic carbocycles. The number of ether oxygens (including phenoxy) is 1. The standard InChI is InChI=1S/C15H17N5OS2/c1-4-22-8-12(1)15-18-13(9-23-15)5-19-2-3-21-14(6-19)7-20-11-16-10-17-20/h1,4,8-11,14H,2-3,5-7H2. The summed E-state index contributed by atoms with van der Waals surface area (Å²) in [6.07, 6.45) is 3.44. The zero-order valence-electron chi connectivity index (χ0n) is 12.5. The molecule has 1 saturated heterocycles. The predicted molar refractivity (Wildman–Crippen MR) is 90.5 cm³/mol. The maximum absolute atomic E-state index is 5.84. The van der Waals surface area contributed by atoms with Gasteiger partial charge >= 0.3 is 0 Å². The van der Waals surface area contributed by atoms with Crippen molar-refractivity contribution in [1.82, 2.24) is 24.6 Å². The van der Waals surface area contributed by atoms with Gasteiger partial charge in [0.05, 0.1) is 24.9 Å². The zero-order valence-corrected chi connectivity index (χ0v) is 14.2. The van der Waals surface area contributed by atoms with Gasteiger partial charge in [-0.2, -0.15) is 16.4 Å². The monoisotopic (exact) mass is 347 g/mol. The number of hydrogen-bond donors (Lipinski definition) is 0. The topological polar surface area (TPSA) is 56.1 Å². The van der Waals surface area contributed by atoms with Gasteiger partial charge in [-0.05, 0) is 11.4 Å². The Kier molecular flexibility index (Phi) is 4.47. The van der Waals surface area contributed by atoms with Crippen LogP contribution in [0.1, 0.15) is 5.69 Å². The van der Waals surface area contributed by atoms with E-state index in [-0.39, 0.29) is 6.10 Å². The predicted octanol–water partition coefficient (Wildman–Crippen LogP) is 2.36. The molecular formula is C15H17N5OS2. The maximum Gasteiger partial charge on any atom is 0.137 e. The first-order chi connectivity index (χ1) is 11.4. The summed E-state index contributed by atoms with van der Waals surface area (Å²) < 4.78 is 7.66. The normalized spacial score (nSPS) is 19.2. The molecule has 0 aliphatic carbocycles. The molecular weight excluding hydrogens is 330 g/mol. The Hall–Kier alpha value is -1.61. The van der Waals surface area contributed by atoms with Crippen LogP contribution in [0.5, 0.6) is 0 Å². The number of thiophene rings is 1. The summed E-state index contributed by atoms with van der Waals surface area (Å²) in [4.78, 5) is 11.1. The first-order valence-electron chi connectivity index (χ1n) is 7.50. The molecule has 0 spiro atoms. The van der Waals surface area contributed by atoms with E-state index in [2.05, 4.69) is 37.2 Å². The lowest BCUT2D eigenvalue weighted by atomic mass is 10.2. The van der Waals surface area contributed by atoms with Crippen LogP contribution in [0.15, 0.2) is 34.9 Å². The number of aromatic nitrogens is 4. The minimum Gasteiger partial charge on any atom is -0.374 e. The fourth-order valence-electron chi connectivity index (χ4n) is 2.70. The van der Waals surface area contributed by atoms with Crippen LogP contribution in [0.4, 0.5) is 0 Å². The first kappa shape index (κ1) is 14.9. The van der Waals surface area contributed by atoms with Gasteiger partial charge in [0.15, 0.2) is 0 Å². The molecule has 23 heavy (non-hydrogen) atoms. The van der Waals surface area contributed by atoms with Crippen LogP contribution < -0.4 is 0 Å². The molecule has 0 N–H and O–H groups in total. The van der Waals surface area contributed by atoms with Gasteiger partial charge in [0, 0.05) is 36.0 Å². The molecule has 0 saturated carbocycles. The lowest BCUT2D eigenvalue weighted by Gasteiger charge is -2.32. The van der Waals surface area contributed by atoms with E-state index in [1.54, 1.807) is 35.3 Å². The molecule has 8 heteroatoms. The fourth-order valence-corrected chi connectivity index (χ4v) is 4.22. The molecule has 0 radical (unpaired) electrons. The second-order valence-corrected chi connectivity index (χ2v) is 7.14. The lowest BCUT2D eigenvalue weighted by Crippen LogP contribution is -2.43. The van der Waals surface area contributed by atoms with Crippen molar-refractivity contribution < 1.29 is 4.74 Å². The van der Waals surface area contributed by atoms with E-state index >= 15 is 0 Å². The number of morpholine rings is 1. The molecule has 1 fully saturated rings. The van der Waals surface area contributed by atoms with Crippen molar-refractivity contribution in [2.24, 2.45) is 0 Å². The van der Waals surface area contributed by atoms with Crippen LogP contribution >= 0.6 is 22.7 Å². The van der Waals surface area contributed by atoms with Crippen molar-refractivity contribution in [3.8, 4) is 10.6 Å². The van der Waals surface area contributed by atoms with Crippen molar-refractivity contribution in [1.29, 1.82) is 0 Å². The SMILES string of the molecule is c1ncn(CC2CN(Cc3csc(-c4ccsc4)n3)CCO2)n1. The van der Waals surface area contributed by atoms with Crippen LogP contribution in [0, 0.1) is 0 Å². The molecule has 6 nitrogen and oxygen atoms in total. The van der Waals surface area contributed by atoms with Crippen molar-refractivity contribution in [3.63, 3.8) is 0 Å². The maximum atomic E-state index is 5.84. The van der Waals surface area contributed by atoms with E-state index in [0.717, 1.165) is 43.5 Å². The average Bonchev–Trinajstić information content (AvgIpc) is 3.30. The molecule has 1 unspecified atom stereocenters. The van der Waals surface area contributed by atoms with Crippen LogP contribution in [0.25, 0.3) is 10.6 Å². The van der Waals surface area contributed by atoms with Gasteiger partial charge < -0.3 is 4.74 Å². The molecule has 4 rings (SSSR count). The van der Waals surface area contributed by atoms with E-state index in [1.165, 1.54) is 5.56 Å². The zero-order chi connectivity index (χ0) is 15.5. The summed E-state index contributed by atoms with van der Waals surface area (Å²) in [5.74, 6) is 0. The second-order valence-electron chi connectivity index (χ2n) is 5.50. The van der Waals surface area contributed by atoms with E-state index < -0.39 is 0 Å². The highest BCUT2D eigenvalue weighted by Gasteiger charge is 2.22. The van der Waals surface area contributed by atoms with Crippen molar-refractivity contribution in [3.05, 3.63) is 40.6 Å². The molecule has 3 aromatic rings. The van der Waals surface area contributed by atoms with Gasteiger partial charge in [-0.25, -0.2) is 9.97 Å². The largest absolute Gasteiger partial charge is 0.374 e. The minimum absolute atomic E-state index is 0.153. The van der Waals surface area contributed by atoms with Gasteiger partial charge in [-0.3, -0.25) is 9.58 Å². The lowest BCUT2D eigenvalue weighted by molar-refractivity contribution is -0.0405. The molecule has 1 aliphatic rings. The summed E-state index contributed by atoms with van der Waals surface area (Å²) >= 11 is 3.42. The molecule has 3 aromatic heterocycles. The molecule has 1 atom stereocenters. The Morgan fingerprint density at radius 1 is 1.35 bits per heavy atom. The number of hydrogen-bond acceptors (Lipinski definition) is 7. The van der Waals surface area contributed by atoms with Crippen molar-refractivity contribution in [2.75, 3.05) is 19.7 Å². The second kappa shape index (κ2) is 6.88. The number of thiazole rings is 1. The van der Waals surface area contributed by atoms with Crippen LogP contribution in [-0.4, -0.2) is 50.4 Å². The summed E-state index contributed by atoms with van der Waals surface area (Å²) in [5, 5.41) is 11.7. The fraction of sp³-hybridized carbons (Fsp3) is 0.400. The highest BCUT2D eigenvalue weighted by molar-refractivity contribution is 7.14. The van der Waals surface area contributed by atoms with E-state index in [9.17, 15) is 0 Å². The highest BCUT2D eigenvalue weighted by atomic mass is 32.1. The van der Waals surface area contributed by atoms with Crippen molar-refractivity contribution in [2.45, 2.75) is 19.2 Å². The Labute approximate surface area is 142 Å². The molecule has 1 aliphatic heterocycles. The smallest absolute Gasteiger partial charge is 0.137 e. The quantitative estimate of drug-likeness (QED) is 0.709. The van der Waals surface area contributed by atoms with E-state index in [0.29, 0.717) is 0 Å². The summed E-state index contributed by atoms with van der Waals surface area (Å²) in [6, 6.07) is 2.12. The van der Waals surface area contributed by atoms with Crippen molar-refractivity contribution >= 4 is 22.7 Å². The van der Waals surface area contributed by atoms with Crippen LogP contribution in [0.3, 0.4) is 0 Å². The Bertz CT molecular complexity index is 725. The third-order valence-corrected chi connectivity index (χ3v) is 5.41. The van der Waals surface area contributed by atoms with Gasteiger partial charge in [0.2, 0.25) is 0 Å². The minimum atomic E-state index is 0.153. The Morgan fingerprint density at radius 3 is 3.17 bits per heavy atom. The molecule has 0 bridgehead atoms. The molecule has 120 valence electrons. The highest BCUT2D eigenvalue weighted by Crippen LogP contribution is 2.26. The Morgan fingerprint density at radius 2 is 2.35 bits per heavy atom. The van der Waals surface area contributed by atoms with Crippen LogP contribution in [-0.2, 0) is 17.8 Å². The van der Waals surface area contributed by atoms with Gasteiger partial charge in [-0.1, -0.05) is 0 Å². The summed E-state index contributed by atoms with van der Waals surface area (Å²) in [6.45, 7) is 4.21. The third kappa shape index (κ3) is 3.66. The summed E-state index contributed by atoms with van der Waals surface area (Å²) in [5.41, 5.74) is 2.36.